The first kappa shape index (κ1) is 17.0. The molecule has 0 saturated carbocycles. The van der Waals surface area contributed by atoms with Crippen LogP contribution in [0.25, 0.3) is 27.9 Å². The summed E-state index contributed by atoms with van der Waals surface area (Å²) in [5, 5.41) is 4.25. The summed E-state index contributed by atoms with van der Waals surface area (Å²) in [6.07, 6.45) is 3.91. The zero-order chi connectivity index (χ0) is 19.3. The van der Waals surface area contributed by atoms with Gasteiger partial charge in [0.2, 0.25) is 0 Å². The summed E-state index contributed by atoms with van der Waals surface area (Å²) in [6, 6.07) is 10.0. The Morgan fingerprint density at radius 1 is 1.07 bits per heavy atom. The minimum absolute atomic E-state index is 0.359. The number of pyridine rings is 1. The van der Waals surface area contributed by atoms with E-state index in [1.807, 2.05) is 48.8 Å². The molecular formula is C22H22N4O2. The Morgan fingerprint density at radius 2 is 1.89 bits per heavy atom. The van der Waals surface area contributed by atoms with Gasteiger partial charge in [0.15, 0.2) is 0 Å². The number of aromatic nitrogens is 2. The Hall–Kier alpha value is -3.12. The van der Waals surface area contributed by atoms with Crippen LogP contribution >= 0.6 is 0 Å². The molecule has 5 rings (SSSR count). The average molecular weight is 374 g/mol. The number of aryl methyl sites for hydroxylation is 2. The molecule has 0 amide bonds. The molecule has 28 heavy (non-hydrogen) atoms. The van der Waals surface area contributed by atoms with Gasteiger partial charge in [-0.2, -0.15) is 0 Å². The molecule has 6 heteroatoms. The Labute approximate surface area is 162 Å². The van der Waals surface area contributed by atoms with Crippen LogP contribution in [0.1, 0.15) is 11.1 Å². The van der Waals surface area contributed by atoms with Crippen molar-refractivity contribution in [3.63, 3.8) is 0 Å². The first-order valence-corrected chi connectivity index (χ1v) is 9.58. The van der Waals surface area contributed by atoms with E-state index >= 15 is 0 Å². The van der Waals surface area contributed by atoms with Gasteiger partial charge in [-0.05, 0) is 43.2 Å². The molecule has 0 spiro atoms. The van der Waals surface area contributed by atoms with Gasteiger partial charge in [-0.15, -0.1) is 0 Å². The molecule has 1 N–H and O–H groups in total. The highest BCUT2D eigenvalue weighted by atomic mass is 16.4. The lowest BCUT2D eigenvalue weighted by Gasteiger charge is -2.29. The molecule has 1 aromatic carbocycles. The Balaban J connectivity index is 1.60. The maximum Gasteiger partial charge on any atom is 0.345 e. The van der Waals surface area contributed by atoms with Gasteiger partial charge in [0.05, 0.1) is 11.3 Å². The maximum absolute atomic E-state index is 12.7. The molecule has 0 bridgehead atoms. The van der Waals surface area contributed by atoms with Crippen LogP contribution in [0.15, 0.2) is 51.9 Å². The predicted molar refractivity (Wildman–Crippen MR) is 111 cm³/mol. The molecule has 0 atom stereocenters. The third kappa shape index (κ3) is 2.86. The third-order valence-corrected chi connectivity index (χ3v) is 5.35. The fourth-order valence-corrected chi connectivity index (χ4v) is 3.97. The third-order valence-electron chi connectivity index (χ3n) is 5.35. The van der Waals surface area contributed by atoms with Gasteiger partial charge in [0.1, 0.15) is 11.2 Å². The van der Waals surface area contributed by atoms with Crippen molar-refractivity contribution in [2.75, 3.05) is 31.1 Å². The van der Waals surface area contributed by atoms with Crippen LogP contribution in [0.2, 0.25) is 0 Å². The van der Waals surface area contributed by atoms with E-state index in [-0.39, 0.29) is 5.63 Å². The van der Waals surface area contributed by atoms with Crippen LogP contribution in [0.5, 0.6) is 0 Å². The zero-order valence-electron chi connectivity index (χ0n) is 16.0. The molecule has 3 aromatic heterocycles. The van der Waals surface area contributed by atoms with Crippen LogP contribution in [0.4, 0.5) is 5.69 Å². The van der Waals surface area contributed by atoms with Crippen molar-refractivity contribution in [1.82, 2.24) is 14.7 Å². The summed E-state index contributed by atoms with van der Waals surface area (Å²) in [5.41, 5.74) is 5.55. The van der Waals surface area contributed by atoms with Crippen molar-refractivity contribution in [3.8, 4) is 11.3 Å². The van der Waals surface area contributed by atoms with E-state index < -0.39 is 0 Å². The molecule has 1 saturated heterocycles. The number of imidazole rings is 1. The molecule has 4 aromatic rings. The number of hydrogen-bond acceptors (Lipinski definition) is 5. The molecule has 0 radical (unpaired) electrons. The van der Waals surface area contributed by atoms with Gasteiger partial charge in [-0.1, -0.05) is 6.07 Å². The average Bonchev–Trinajstić information content (AvgIpc) is 3.12. The molecular weight excluding hydrogens is 352 g/mol. The van der Waals surface area contributed by atoms with Gasteiger partial charge in [0, 0.05) is 55.7 Å². The maximum atomic E-state index is 12.7. The Morgan fingerprint density at radius 3 is 2.71 bits per heavy atom. The number of piperazine rings is 1. The highest BCUT2D eigenvalue weighted by Crippen LogP contribution is 2.26. The molecule has 0 unspecified atom stereocenters. The van der Waals surface area contributed by atoms with Gasteiger partial charge >= 0.3 is 5.63 Å². The van der Waals surface area contributed by atoms with E-state index in [9.17, 15) is 4.79 Å². The number of benzene rings is 1. The fourth-order valence-electron chi connectivity index (χ4n) is 3.97. The monoisotopic (exact) mass is 374 g/mol. The molecule has 4 heterocycles. The van der Waals surface area contributed by atoms with Crippen molar-refractivity contribution in [2.24, 2.45) is 0 Å². The highest BCUT2D eigenvalue weighted by molar-refractivity contribution is 5.84. The summed E-state index contributed by atoms with van der Waals surface area (Å²) in [5.74, 6) is 0. The number of hydrogen-bond donors (Lipinski definition) is 1. The normalized spacial score (nSPS) is 14.9. The number of nitrogens with one attached hydrogen (secondary N) is 1. The van der Waals surface area contributed by atoms with E-state index in [1.54, 1.807) is 0 Å². The molecule has 1 aliphatic rings. The van der Waals surface area contributed by atoms with Crippen molar-refractivity contribution in [3.05, 3.63) is 64.3 Å². The minimum atomic E-state index is -0.359. The van der Waals surface area contributed by atoms with Crippen molar-refractivity contribution in [1.29, 1.82) is 0 Å². The second-order valence-electron chi connectivity index (χ2n) is 7.46. The lowest BCUT2D eigenvalue weighted by atomic mass is 10.1. The second kappa shape index (κ2) is 6.49. The van der Waals surface area contributed by atoms with E-state index in [0.29, 0.717) is 16.8 Å². The molecule has 1 aliphatic heterocycles. The smallest absolute Gasteiger partial charge is 0.345 e. The Kier molecular flexibility index (Phi) is 3.94. The summed E-state index contributed by atoms with van der Waals surface area (Å²) in [4.78, 5) is 19.7. The van der Waals surface area contributed by atoms with Crippen molar-refractivity contribution >= 4 is 22.3 Å². The first-order chi connectivity index (χ1) is 13.6. The van der Waals surface area contributed by atoms with Crippen LogP contribution in [0.3, 0.4) is 0 Å². The highest BCUT2D eigenvalue weighted by Gasteiger charge is 2.15. The van der Waals surface area contributed by atoms with Crippen molar-refractivity contribution in [2.45, 2.75) is 13.8 Å². The number of fused-ring (bicyclic) bond motifs is 2. The fraction of sp³-hybridized carbons (Fsp3) is 0.273. The van der Waals surface area contributed by atoms with E-state index in [1.165, 1.54) is 0 Å². The number of rotatable bonds is 2. The van der Waals surface area contributed by atoms with E-state index in [4.69, 9.17) is 4.42 Å². The predicted octanol–water partition coefficient (Wildman–Crippen LogP) is 3.13. The topological polar surface area (TPSA) is 62.8 Å². The minimum Gasteiger partial charge on any atom is -0.422 e. The van der Waals surface area contributed by atoms with Crippen LogP contribution in [-0.2, 0) is 0 Å². The van der Waals surface area contributed by atoms with Gasteiger partial charge in [-0.25, -0.2) is 9.78 Å². The van der Waals surface area contributed by atoms with Crippen LogP contribution in [0, 0.1) is 13.8 Å². The standard InChI is InChI=1S/C22H22N4O2/c1-14-9-15(2)21-24-19(13-26(21)12-14)18-10-16-3-4-17(11-20(16)28-22(18)27)25-7-5-23-6-8-25/h3-4,9-13,23H,5-8H2,1-2H3. The van der Waals surface area contributed by atoms with Gasteiger partial charge in [-0.3, -0.25) is 0 Å². The summed E-state index contributed by atoms with van der Waals surface area (Å²) < 4.78 is 7.65. The van der Waals surface area contributed by atoms with Gasteiger partial charge < -0.3 is 19.0 Å². The number of nitrogens with zero attached hydrogens (tertiary/aromatic N) is 3. The lowest BCUT2D eigenvalue weighted by Crippen LogP contribution is -2.43. The molecule has 142 valence electrons. The molecule has 0 aliphatic carbocycles. The molecule has 1 fully saturated rings. The van der Waals surface area contributed by atoms with E-state index in [0.717, 1.165) is 54.0 Å². The number of anilines is 1. The van der Waals surface area contributed by atoms with Crippen LogP contribution < -0.4 is 15.8 Å². The SMILES string of the molecule is Cc1cc(C)c2nc(-c3cc4ccc(N5CCNCC5)cc4oc3=O)cn2c1. The Bertz CT molecular complexity index is 1250. The lowest BCUT2D eigenvalue weighted by molar-refractivity contribution is 0.561. The first-order valence-electron chi connectivity index (χ1n) is 9.58. The second-order valence-corrected chi connectivity index (χ2v) is 7.46. The van der Waals surface area contributed by atoms with Crippen LogP contribution in [-0.4, -0.2) is 35.6 Å². The molecule has 6 nitrogen and oxygen atoms in total. The van der Waals surface area contributed by atoms with E-state index in [2.05, 4.69) is 27.3 Å². The quantitative estimate of drug-likeness (QED) is 0.546. The summed E-state index contributed by atoms with van der Waals surface area (Å²) in [6.45, 7) is 7.91. The largest absolute Gasteiger partial charge is 0.422 e. The summed E-state index contributed by atoms with van der Waals surface area (Å²) in [7, 11) is 0. The van der Waals surface area contributed by atoms with Gasteiger partial charge in [0.25, 0.3) is 0 Å². The van der Waals surface area contributed by atoms with Crippen molar-refractivity contribution < 1.29 is 4.42 Å². The summed E-state index contributed by atoms with van der Waals surface area (Å²) >= 11 is 0. The zero-order valence-corrected chi connectivity index (χ0v) is 16.0.